The van der Waals surface area contributed by atoms with Gasteiger partial charge in [-0.1, -0.05) is 26.0 Å². The molecule has 19 heteroatoms. The van der Waals surface area contributed by atoms with Crippen LogP contribution in [0.15, 0.2) is 89.2 Å². The Bertz CT molecular complexity index is 2790. The Kier molecular flexibility index (Phi) is 12.5. The van der Waals surface area contributed by atoms with Gasteiger partial charge in [0.1, 0.15) is 17.8 Å². The molecular weight excluding hydrogens is 826 g/mol. The number of anilines is 4. The number of ether oxygens (including phenoxy) is 1. The number of amides is 2. The lowest BCUT2D eigenvalue weighted by atomic mass is 9.98. The second-order valence-electron chi connectivity index (χ2n) is 16.1. The molecule has 1 fully saturated rings. The van der Waals surface area contributed by atoms with Crippen LogP contribution in [0.3, 0.4) is 0 Å². The summed E-state index contributed by atoms with van der Waals surface area (Å²) in [6, 6.07) is 18.5. The van der Waals surface area contributed by atoms with E-state index in [0.29, 0.717) is 51.6 Å². The van der Waals surface area contributed by atoms with Crippen molar-refractivity contribution in [2.75, 3.05) is 48.3 Å². The van der Waals surface area contributed by atoms with E-state index in [9.17, 15) is 13.8 Å². The summed E-state index contributed by atoms with van der Waals surface area (Å²) >= 11 is 0. The molecule has 1 saturated heterocycles. The molecule has 3 N–H and O–H groups in total. The quantitative estimate of drug-likeness (QED) is 0.101. The number of carbonyl (C=O) groups excluding carboxylic acids is 2. The van der Waals surface area contributed by atoms with Crippen molar-refractivity contribution >= 4 is 62.8 Å². The summed E-state index contributed by atoms with van der Waals surface area (Å²) in [7, 11) is 1.78. The van der Waals surface area contributed by atoms with Crippen molar-refractivity contribution < 1.29 is 22.9 Å². The molecule has 0 saturated carbocycles. The third-order valence-electron chi connectivity index (χ3n) is 11.1. The molecule has 0 aliphatic carbocycles. The predicted octanol–water partition coefficient (Wildman–Crippen LogP) is 5.68. The molecule has 2 amide bonds. The van der Waals surface area contributed by atoms with E-state index in [1.165, 1.54) is 27.9 Å². The van der Waals surface area contributed by atoms with Crippen LogP contribution in [-0.2, 0) is 34.0 Å². The van der Waals surface area contributed by atoms with Crippen LogP contribution in [-0.4, -0.2) is 106 Å². The predicted molar refractivity (Wildman–Crippen MR) is 239 cm³/mol. The highest BCUT2D eigenvalue weighted by Crippen LogP contribution is 2.34. The number of rotatable bonds is 16. The molecular formula is C44H50FN13O4S. The van der Waals surface area contributed by atoms with E-state index in [-0.39, 0.29) is 42.7 Å². The lowest BCUT2D eigenvalue weighted by Crippen LogP contribution is -2.54. The molecule has 17 nitrogen and oxygen atoms in total. The van der Waals surface area contributed by atoms with Crippen LogP contribution in [0.1, 0.15) is 39.7 Å². The number of nitrogens with one attached hydrogen (secondary N) is 3. The lowest BCUT2D eigenvalue weighted by molar-refractivity contribution is -0.120. The maximum atomic E-state index is 15.7. The first-order valence-corrected chi connectivity index (χ1v) is 21.9. The lowest BCUT2D eigenvalue weighted by Gasteiger charge is -2.44. The van der Waals surface area contributed by atoms with Crippen LogP contribution in [0.5, 0.6) is 5.75 Å². The highest BCUT2D eigenvalue weighted by atomic mass is 32.2. The number of hydrogen-bond acceptors (Lipinski definition) is 12. The number of carbonyl (C=O) groups is 2. The number of halogens is 1. The Labute approximate surface area is 366 Å². The summed E-state index contributed by atoms with van der Waals surface area (Å²) in [5.41, 5.74) is 4.76. The third kappa shape index (κ3) is 9.10. The highest BCUT2D eigenvalue weighted by molar-refractivity contribution is 7.85. The monoisotopic (exact) mass is 875 g/mol. The van der Waals surface area contributed by atoms with Gasteiger partial charge in [0.2, 0.25) is 23.9 Å². The van der Waals surface area contributed by atoms with E-state index in [1.54, 1.807) is 36.3 Å². The van der Waals surface area contributed by atoms with Crippen molar-refractivity contribution in [3.8, 4) is 17.0 Å². The minimum absolute atomic E-state index is 0.123. The molecule has 0 spiro atoms. The van der Waals surface area contributed by atoms with E-state index in [0.717, 1.165) is 47.4 Å². The zero-order valence-corrected chi connectivity index (χ0v) is 36.8. The molecule has 4 aromatic heterocycles. The fourth-order valence-electron chi connectivity index (χ4n) is 7.88. The van der Waals surface area contributed by atoms with E-state index < -0.39 is 16.6 Å². The van der Waals surface area contributed by atoms with Gasteiger partial charge in [0.25, 0.3) is 0 Å². The van der Waals surface area contributed by atoms with Crippen molar-refractivity contribution in [3.63, 3.8) is 0 Å². The van der Waals surface area contributed by atoms with Crippen molar-refractivity contribution in [3.05, 3.63) is 90.8 Å². The fourth-order valence-corrected chi connectivity index (χ4v) is 9.02. The molecule has 1 aliphatic heterocycles. The van der Waals surface area contributed by atoms with Gasteiger partial charge >= 0.3 is 0 Å². The van der Waals surface area contributed by atoms with Crippen LogP contribution < -0.4 is 25.2 Å². The maximum Gasteiger partial charge on any atom is 0.247 e. The van der Waals surface area contributed by atoms with E-state index in [2.05, 4.69) is 76.8 Å². The average Bonchev–Trinajstić information content (AvgIpc) is 4.04. The summed E-state index contributed by atoms with van der Waals surface area (Å²) in [5, 5.41) is 22.3. The number of aryl methyl sites for hydroxylation is 1. The first-order chi connectivity index (χ1) is 30.4. The van der Waals surface area contributed by atoms with Crippen molar-refractivity contribution in [1.29, 1.82) is 0 Å². The number of fused-ring (bicyclic) bond motifs is 2. The van der Waals surface area contributed by atoms with Crippen molar-refractivity contribution in [1.82, 2.24) is 49.8 Å². The number of hydrogen-bond donors (Lipinski definition) is 3. The van der Waals surface area contributed by atoms with Crippen LogP contribution in [0.25, 0.3) is 27.8 Å². The fraction of sp³-hybridized carbons (Fsp3) is 0.341. The number of aromatic nitrogens is 8. The second-order valence-corrected chi connectivity index (χ2v) is 17.5. The number of piperazine rings is 1. The van der Waals surface area contributed by atoms with Gasteiger partial charge < -0.3 is 20.3 Å². The largest absolute Gasteiger partial charge is 0.485 e. The minimum atomic E-state index is -1.64. The molecule has 1 aliphatic rings. The SMILES string of the molecule is CNC(=O)CCN(C=O)c1nn(C)c2cc(N3CCN(Cc4cccc(S(=O)c5ccc(Nc6nc7c(OC(C)C)c(-c8cn[nH]c8)ncn7n6)c(F)c5)c4)C(C(C)C)C3)ccc12. The smallest absolute Gasteiger partial charge is 0.247 e. The zero-order chi connectivity index (χ0) is 44.4. The normalized spacial score (nSPS) is 15.1. The topological polar surface area (TPSA) is 184 Å². The molecule has 3 aromatic carbocycles. The minimum Gasteiger partial charge on any atom is -0.485 e. The first-order valence-electron chi connectivity index (χ1n) is 20.8. The second kappa shape index (κ2) is 18.3. The molecule has 2 atom stereocenters. The number of benzene rings is 3. The number of H-pyrrole nitrogens is 1. The Hall–Kier alpha value is -6.73. The molecule has 2 unspecified atom stereocenters. The number of nitrogens with zero attached hydrogens (tertiary/aromatic N) is 10. The van der Waals surface area contributed by atoms with Gasteiger partial charge in [0.15, 0.2) is 11.6 Å². The van der Waals surface area contributed by atoms with Gasteiger partial charge in [-0.05, 0) is 73.9 Å². The highest BCUT2D eigenvalue weighted by Gasteiger charge is 2.30. The zero-order valence-electron chi connectivity index (χ0n) is 35.9. The van der Waals surface area contributed by atoms with Gasteiger partial charge in [-0.25, -0.2) is 13.6 Å². The molecule has 63 heavy (non-hydrogen) atoms. The first kappa shape index (κ1) is 42.9. The molecule has 0 bridgehead atoms. The summed E-state index contributed by atoms with van der Waals surface area (Å²) in [4.78, 5) is 40.2. The Morgan fingerprint density at radius 2 is 1.90 bits per heavy atom. The standard InChI is InChI=1S/C44H50FN13O4S/c1-27(2)38-24-55(31-10-12-34-37(19-31)54(6)52-42(34)57(26-59)15-14-39(60)46-5)16-17-56(38)23-29-8-7-9-32(18-29)63(61)33-11-13-36(35(45)20-33)50-44-51-43-41(62-28(3)4)40(30-21-48-49-22-30)47-25-58(43)53-44/h7-13,18-22,25-28,38H,14-17,23-24H2,1-6H3,(H,46,60)(H,48,49)(H,50,53). The van der Waals surface area contributed by atoms with Crippen molar-refractivity contribution in [2.24, 2.45) is 13.0 Å². The van der Waals surface area contributed by atoms with E-state index in [1.807, 2.05) is 45.2 Å². The van der Waals surface area contributed by atoms with Gasteiger partial charge in [0, 0.05) is 91.9 Å². The maximum absolute atomic E-state index is 15.7. The van der Waals surface area contributed by atoms with Gasteiger partial charge in [-0.3, -0.25) is 29.2 Å². The summed E-state index contributed by atoms with van der Waals surface area (Å²) < 4.78 is 38.9. The van der Waals surface area contributed by atoms with Gasteiger partial charge in [-0.15, -0.1) is 5.10 Å². The van der Waals surface area contributed by atoms with Crippen LogP contribution in [0.2, 0.25) is 0 Å². The summed E-state index contributed by atoms with van der Waals surface area (Å²) in [6.07, 6.45) is 5.57. The van der Waals surface area contributed by atoms with Gasteiger partial charge in [0.05, 0.1) is 34.3 Å². The van der Waals surface area contributed by atoms with Crippen LogP contribution in [0.4, 0.5) is 27.5 Å². The third-order valence-corrected chi connectivity index (χ3v) is 12.5. The molecule has 8 rings (SSSR count). The van der Waals surface area contributed by atoms with Crippen molar-refractivity contribution in [2.45, 2.75) is 62.6 Å². The average molecular weight is 876 g/mol. The molecule has 0 radical (unpaired) electrons. The Morgan fingerprint density at radius 3 is 2.63 bits per heavy atom. The van der Waals surface area contributed by atoms with Crippen LogP contribution >= 0.6 is 0 Å². The van der Waals surface area contributed by atoms with E-state index >= 15 is 4.39 Å². The van der Waals surface area contributed by atoms with E-state index in [4.69, 9.17) is 4.74 Å². The molecule has 328 valence electrons. The molecule has 5 heterocycles. The van der Waals surface area contributed by atoms with Gasteiger partial charge in [-0.2, -0.15) is 19.7 Å². The summed E-state index contributed by atoms with van der Waals surface area (Å²) in [6.45, 7) is 11.5. The summed E-state index contributed by atoms with van der Waals surface area (Å²) in [5.74, 6) is 0.669. The van der Waals surface area contributed by atoms with Crippen LogP contribution in [0, 0.1) is 11.7 Å². The number of aromatic amines is 1. The Morgan fingerprint density at radius 1 is 1.08 bits per heavy atom. The molecule has 7 aromatic rings. The Balaban J connectivity index is 0.940.